The Balaban J connectivity index is 1.16. The number of likely N-dealkylation sites (tertiary alicyclic amines) is 1. The number of imide groups is 1. The third-order valence-corrected chi connectivity index (χ3v) is 7.60. The van der Waals surface area contributed by atoms with Gasteiger partial charge in [0.05, 0.1) is 4.92 Å². The first kappa shape index (κ1) is 21.8. The molecular formula is C24H33N3O4. The summed E-state index contributed by atoms with van der Waals surface area (Å²) in [7, 11) is 0. The fourth-order valence-corrected chi connectivity index (χ4v) is 5.73. The van der Waals surface area contributed by atoms with Gasteiger partial charge in [0.2, 0.25) is 11.8 Å². The van der Waals surface area contributed by atoms with Crippen molar-refractivity contribution in [3.05, 3.63) is 34.4 Å². The van der Waals surface area contributed by atoms with Crippen molar-refractivity contribution in [3.63, 3.8) is 0 Å². The second-order valence-corrected chi connectivity index (χ2v) is 9.70. The summed E-state index contributed by atoms with van der Waals surface area (Å²) in [6.45, 7) is 2.51. The Labute approximate surface area is 183 Å². The molecule has 31 heavy (non-hydrogen) atoms. The van der Waals surface area contributed by atoms with Crippen LogP contribution >= 0.6 is 0 Å². The first-order chi connectivity index (χ1) is 15.0. The summed E-state index contributed by atoms with van der Waals surface area (Å²) in [6.07, 6.45) is 10.8. The third kappa shape index (κ3) is 5.08. The van der Waals surface area contributed by atoms with Crippen molar-refractivity contribution < 1.29 is 14.5 Å². The van der Waals surface area contributed by atoms with Crippen molar-refractivity contribution in [1.29, 1.82) is 0 Å². The molecule has 7 nitrogen and oxygen atoms in total. The Kier molecular flexibility index (Phi) is 6.58. The average molecular weight is 428 g/mol. The number of amides is 2. The van der Waals surface area contributed by atoms with Gasteiger partial charge in [-0.05, 0) is 55.6 Å². The van der Waals surface area contributed by atoms with Crippen LogP contribution in [0.1, 0.15) is 70.6 Å². The van der Waals surface area contributed by atoms with Gasteiger partial charge in [-0.3, -0.25) is 24.6 Å². The highest BCUT2D eigenvalue weighted by atomic mass is 16.6. The zero-order valence-electron chi connectivity index (χ0n) is 18.3. The number of carbonyl (C=O) groups is 2. The van der Waals surface area contributed by atoms with E-state index in [-0.39, 0.29) is 27.8 Å². The minimum atomic E-state index is -0.367. The number of hydrogen-bond donors (Lipinski definition) is 0. The minimum absolute atomic E-state index is 0.0116. The van der Waals surface area contributed by atoms with Crippen molar-refractivity contribution >= 4 is 23.2 Å². The number of non-ortho nitro benzene ring substituents is 1. The molecule has 3 fully saturated rings. The van der Waals surface area contributed by atoms with Gasteiger partial charge >= 0.3 is 0 Å². The van der Waals surface area contributed by atoms with Crippen LogP contribution in [0.25, 0.3) is 0 Å². The molecule has 1 spiro atoms. The number of benzene rings is 1. The molecule has 4 rings (SSSR count). The van der Waals surface area contributed by atoms with E-state index in [1.807, 2.05) is 12.1 Å². The molecule has 1 saturated carbocycles. The highest BCUT2D eigenvalue weighted by molar-refractivity contribution is 5.98. The van der Waals surface area contributed by atoms with Gasteiger partial charge < -0.3 is 4.90 Å². The Morgan fingerprint density at radius 2 is 1.58 bits per heavy atom. The maximum absolute atomic E-state index is 12.6. The van der Waals surface area contributed by atoms with Crippen LogP contribution in [0.4, 0.5) is 11.4 Å². The zero-order valence-corrected chi connectivity index (χ0v) is 18.3. The van der Waals surface area contributed by atoms with Crippen molar-refractivity contribution in [2.24, 2.45) is 11.3 Å². The number of hydrogen-bond acceptors (Lipinski definition) is 5. The molecule has 2 amide bonds. The van der Waals surface area contributed by atoms with Crippen molar-refractivity contribution in [1.82, 2.24) is 4.90 Å². The van der Waals surface area contributed by atoms with Gasteiger partial charge in [-0.1, -0.05) is 25.7 Å². The highest BCUT2D eigenvalue weighted by Crippen LogP contribution is 2.46. The SMILES string of the molecule is O=C1CC2(CCCC2)CC(=O)N1CCCCC1CCN(c2ccc([N+](=O)[O-])cc2)CC1. The zero-order chi connectivity index (χ0) is 21.8. The van der Waals surface area contributed by atoms with E-state index in [4.69, 9.17) is 0 Å². The number of nitrogens with zero attached hydrogens (tertiary/aromatic N) is 3. The predicted molar refractivity (Wildman–Crippen MR) is 119 cm³/mol. The highest BCUT2D eigenvalue weighted by Gasteiger charge is 2.44. The van der Waals surface area contributed by atoms with Crippen LogP contribution < -0.4 is 4.90 Å². The molecule has 168 valence electrons. The molecule has 2 aliphatic heterocycles. The summed E-state index contributed by atoms with van der Waals surface area (Å²) in [5.41, 5.74) is 1.16. The van der Waals surface area contributed by atoms with Crippen LogP contribution in [0.5, 0.6) is 0 Å². The summed E-state index contributed by atoms with van der Waals surface area (Å²) in [4.78, 5) is 39.4. The van der Waals surface area contributed by atoms with Gasteiger partial charge in [0.1, 0.15) is 0 Å². The Morgan fingerprint density at radius 3 is 2.16 bits per heavy atom. The third-order valence-electron chi connectivity index (χ3n) is 7.60. The molecule has 0 radical (unpaired) electrons. The predicted octanol–water partition coefficient (Wildman–Crippen LogP) is 4.69. The summed E-state index contributed by atoms with van der Waals surface area (Å²) in [6, 6.07) is 6.81. The van der Waals surface area contributed by atoms with Gasteiger partial charge in [-0.15, -0.1) is 0 Å². The van der Waals surface area contributed by atoms with E-state index in [9.17, 15) is 19.7 Å². The molecule has 2 saturated heterocycles. The lowest BCUT2D eigenvalue weighted by atomic mass is 9.76. The molecule has 0 unspecified atom stereocenters. The van der Waals surface area contributed by atoms with Crippen molar-refractivity contribution in [3.8, 4) is 0 Å². The van der Waals surface area contributed by atoms with Crippen LogP contribution in [0.3, 0.4) is 0 Å². The molecule has 0 atom stereocenters. The van der Waals surface area contributed by atoms with Crippen LogP contribution in [-0.2, 0) is 9.59 Å². The van der Waals surface area contributed by atoms with Gasteiger partial charge in [-0.25, -0.2) is 0 Å². The Morgan fingerprint density at radius 1 is 0.968 bits per heavy atom. The van der Waals surface area contributed by atoms with E-state index < -0.39 is 0 Å². The number of nitro groups is 1. The average Bonchev–Trinajstić information content (AvgIpc) is 3.20. The topological polar surface area (TPSA) is 83.8 Å². The largest absolute Gasteiger partial charge is 0.372 e. The quantitative estimate of drug-likeness (QED) is 0.273. The molecule has 0 N–H and O–H groups in total. The lowest BCUT2D eigenvalue weighted by Gasteiger charge is -2.37. The Bertz CT molecular complexity index is 789. The lowest BCUT2D eigenvalue weighted by Crippen LogP contribution is -2.47. The second-order valence-electron chi connectivity index (χ2n) is 9.70. The first-order valence-electron chi connectivity index (χ1n) is 11.8. The molecule has 1 aliphatic carbocycles. The van der Waals surface area contributed by atoms with E-state index in [1.54, 1.807) is 12.1 Å². The van der Waals surface area contributed by atoms with E-state index in [0.717, 1.165) is 76.6 Å². The molecule has 0 bridgehead atoms. The van der Waals surface area contributed by atoms with Crippen molar-refractivity contribution in [2.75, 3.05) is 24.5 Å². The van der Waals surface area contributed by atoms with Crippen LogP contribution in [0.15, 0.2) is 24.3 Å². The summed E-state index contributed by atoms with van der Waals surface area (Å²) in [5, 5.41) is 10.8. The lowest BCUT2D eigenvalue weighted by molar-refractivity contribution is -0.384. The summed E-state index contributed by atoms with van der Waals surface area (Å²) in [5.74, 6) is 0.771. The Hall–Kier alpha value is -2.44. The summed E-state index contributed by atoms with van der Waals surface area (Å²) >= 11 is 0. The van der Waals surface area contributed by atoms with Crippen molar-refractivity contribution in [2.45, 2.75) is 70.6 Å². The molecule has 3 aliphatic rings. The van der Waals surface area contributed by atoms with Gasteiger partial charge in [0.25, 0.3) is 5.69 Å². The number of carbonyl (C=O) groups excluding carboxylic acids is 2. The van der Waals surface area contributed by atoms with Gasteiger partial charge in [0, 0.05) is 50.3 Å². The van der Waals surface area contributed by atoms with Crippen LogP contribution in [-0.4, -0.2) is 41.3 Å². The molecule has 1 aromatic carbocycles. The number of anilines is 1. The number of rotatable bonds is 7. The molecule has 2 heterocycles. The molecule has 0 aromatic heterocycles. The smallest absolute Gasteiger partial charge is 0.269 e. The van der Waals surface area contributed by atoms with E-state index >= 15 is 0 Å². The second kappa shape index (κ2) is 9.37. The summed E-state index contributed by atoms with van der Waals surface area (Å²) < 4.78 is 0. The molecular weight excluding hydrogens is 394 g/mol. The van der Waals surface area contributed by atoms with E-state index in [1.165, 1.54) is 4.90 Å². The fraction of sp³-hybridized carbons (Fsp3) is 0.667. The van der Waals surface area contributed by atoms with Crippen LogP contribution in [0, 0.1) is 21.4 Å². The normalized spacial score (nSPS) is 21.8. The number of unbranched alkanes of at least 4 members (excludes halogenated alkanes) is 1. The minimum Gasteiger partial charge on any atom is -0.372 e. The van der Waals surface area contributed by atoms with Gasteiger partial charge in [0.15, 0.2) is 0 Å². The molecule has 1 aromatic rings. The standard InChI is InChI=1S/C24H33N3O4/c28-22-17-24(12-2-3-13-24)18-23(29)26(22)14-4-1-5-19-10-15-25(16-11-19)20-6-8-21(9-7-20)27(30)31/h6-9,19H,1-5,10-18H2. The van der Waals surface area contributed by atoms with Gasteiger partial charge in [-0.2, -0.15) is 0 Å². The maximum Gasteiger partial charge on any atom is 0.269 e. The maximum atomic E-state index is 12.6. The van der Waals surface area contributed by atoms with E-state index in [2.05, 4.69) is 4.90 Å². The van der Waals surface area contributed by atoms with Crippen LogP contribution in [0.2, 0.25) is 0 Å². The monoisotopic (exact) mass is 427 g/mol. The molecule has 7 heteroatoms. The first-order valence-corrected chi connectivity index (χ1v) is 11.8. The van der Waals surface area contributed by atoms with E-state index in [0.29, 0.717) is 25.3 Å². The number of piperidine rings is 2. The number of nitro benzene ring substituents is 1. The fourth-order valence-electron chi connectivity index (χ4n) is 5.73.